The highest BCUT2D eigenvalue weighted by molar-refractivity contribution is 6.33. The molecular formula is C19H21ClN2O3. The molecule has 0 aliphatic carbocycles. The Morgan fingerprint density at radius 1 is 0.880 bits per heavy atom. The highest BCUT2D eigenvalue weighted by Gasteiger charge is 2.19. The first-order valence-corrected chi connectivity index (χ1v) is 8.50. The second kappa shape index (κ2) is 7.66. The van der Waals surface area contributed by atoms with E-state index in [2.05, 4.69) is 9.80 Å². The third-order valence-corrected chi connectivity index (χ3v) is 4.78. The van der Waals surface area contributed by atoms with Gasteiger partial charge in [0.15, 0.2) is 6.29 Å². The van der Waals surface area contributed by atoms with E-state index in [1.807, 2.05) is 30.3 Å². The highest BCUT2D eigenvalue weighted by atomic mass is 35.5. The van der Waals surface area contributed by atoms with Crippen LogP contribution in [0.3, 0.4) is 0 Å². The number of piperazine rings is 1. The summed E-state index contributed by atoms with van der Waals surface area (Å²) in [5, 5.41) is 0.493. The first kappa shape index (κ1) is 17.4. The van der Waals surface area contributed by atoms with Crippen molar-refractivity contribution in [1.82, 2.24) is 0 Å². The second-order valence-corrected chi connectivity index (χ2v) is 6.28. The van der Waals surface area contributed by atoms with Crippen molar-refractivity contribution in [2.24, 2.45) is 0 Å². The normalized spacial score (nSPS) is 14.4. The minimum atomic E-state index is 0.493. The molecule has 0 spiro atoms. The van der Waals surface area contributed by atoms with Gasteiger partial charge in [0, 0.05) is 61.3 Å². The van der Waals surface area contributed by atoms with Gasteiger partial charge in [-0.25, -0.2) is 0 Å². The van der Waals surface area contributed by atoms with Gasteiger partial charge in [-0.3, -0.25) is 4.79 Å². The van der Waals surface area contributed by atoms with Crippen LogP contribution < -0.4 is 19.3 Å². The van der Waals surface area contributed by atoms with Gasteiger partial charge in [0.25, 0.3) is 0 Å². The molecule has 6 heteroatoms. The van der Waals surface area contributed by atoms with Crippen LogP contribution >= 0.6 is 11.6 Å². The fourth-order valence-corrected chi connectivity index (χ4v) is 3.23. The predicted octanol–water partition coefficient (Wildman–Crippen LogP) is 3.50. The van der Waals surface area contributed by atoms with E-state index in [9.17, 15) is 4.79 Å². The molecule has 0 bridgehead atoms. The lowest BCUT2D eigenvalue weighted by Gasteiger charge is -2.37. The molecule has 1 aliphatic rings. The molecule has 1 heterocycles. The van der Waals surface area contributed by atoms with Crippen molar-refractivity contribution < 1.29 is 14.3 Å². The fraction of sp³-hybridized carbons (Fsp3) is 0.316. The van der Waals surface area contributed by atoms with Crippen molar-refractivity contribution in [2.45, 2.75) is 0 Å². The van der Waals surface area contributed by atoms with Crippen molar-refractivity contribution in [3.8, 4) is 11.5 Å². The van der Waals surface area contributed by atoms with Crippen LogP contribution in [0.2, 0.25) is 5.02 Å². The number of hydrogen-bond donors (Lipinski definition) is 0. The zero-order chi connectivity index (χ0) is 17.8. The van der Waals surface area contributed by atoms with E-state index in [-0.39, 0.29) is 0 Å². The van der Waals surface area contributed by atoms with E-state index in [1.54, 1.807) is 20.3 Å². The number of carbonyl (C=O) groups excluding carboxylic acids is 1. The van der Waals surface area contributed by atoms with Crippen LogP contribution in [0.15, 0.2) is 36.4 Å². The van der Waals surface area contributed by atoms with Crippen LogP contribution in [0.1, 0.15) is 10.4 Å². The summed E-state index contributed by atoms with van der Waals surface area (Å²) in [5.74, 6) is 1.57. The van der Waals surface area contributed by atoms with Crippen LogP contribution in [0.4, 0.5) is 11.4 Å². The summed E-state index contributed by atoms with van der Waals surface area (Å²) in [4.78, 5) is 15.5. The highest BCUT2D eigenvalue weighted by Crippen LogP contribution is 2.30. The molecule has 2 aromatic rings. The molecule has 3 rings (SSSR count). The molecule has 1 fully saturated rings. The minimum Gasteiger partial charge on any atom is -0.497 e. The van der Waals surface area contributed by atoms with E-state index in [4.69, 9.17) is 21.1 Å². The summed E-state index contributed by atoms with van der Waals surface area (Å²) in [6, 6.07) is 11.5. The molecule has 0 N–H and O–H groups in total. The Morgan fingerprint density at radius 2 is 1.44 bits per heavy atom. The molecule has 2 aromatic carbocycles. The zero-order valence-corrected chi connectivity index (χ0v) is 15.1. The largest absolute Gasteiger partial charge is 0.497 e. The Morgan fingerprint density at radius 3 is 1.92 bits per heavy atom. The molecule has 1 aliphatic heterocycles. The third kappa shape index (κ3) is 3.82. The van der Waals surface area contributed by atoms with Crippen LogP contribution in [-0.2, 0) is 0 Å². The Hall–Kier alpha value is -2.40. The van der Waals surface area contributed by atoms with E-state index < -0.39 is 0 Å². The SMILES string of the molecule is COc1cc(OC)cc(N2CCN(c3ccc(C=O)c(Cl)c3)CC2)c1. The summed E-state index contributed by atoms with van der Waals surface area (Å²) in [6.45, 7) is 3.50. The topological polar surface area (TPSA) is 42.0 Å². The lowest BCUT2D eigenvalue weighted by molar-refractivity contribution is 0.112. The van der Waals surface area contributed by atoms with Gasteiger partial charge in [-0.2, -0.15) is 0 Å². The molecule has 0 amide bonds. The number of nitrogens with zero attached hydrogens (tertiary/aromatic N) is 2. The Bertz CT molecular complexity index is 736. The molecule has 0 unspecified atom stereocenters. The average molecular weight is 361 g/mol. The van der Waals surface area contributed by atoms with Gasteiger partial charge in [0.2, 0.25) is 0 Å². The average Bonchev–Trinajstić information content (AvgIpc) is 2.67. The molecule has 132 valence electrons. The number of ether oxygens (including phenoxy) is 2. The van der Waals surface area contributed by atoms with Crippen molar-refractivity contribution >= 4 is 29.3 Å². The van der Waals surface area contributed by atoms with Crippen molar-refractivity contribution in [3.05, 3.63) is 47.0 Å². The Labute approximate surface area is 152 Å². The zero-order valence-electron chi connectivity index (χ0n) is 14.4. The standard InChI is InChI=1S/C19H21ClN2O3/c1-24-17-9-16(10-18(12-17)25-2)22-7-5-21(6-8-22)15-4-3-14(13-23)19(20)11-15/h3-4,9-13H,5-8H2,1-2H3. The number of halogens is 1. The molecule has 25 heavy (non-hydrogen) atoms. The number of hydrogen-bond acceptors (Lipinski definition) is 5. The van der Waals surface area contributed by atoms with E-state index in [1.165, 1.54) is 0 Å². The molecule has 5 nitrogen and oxygen atoms in total. The first-order chi connectivity index (χ1) is 12.1. The monoisotopic (exact) mass is 360 g/mol. The first-order valence-electron chi connectivity index (χ1n) is 8.12. The van der Waals surface area contributed by atoms with Gasteiger partial charge < -0.3 is 19.3 Å². The van der Waals surface area contributed by atoms with Crippen LogP contribution in [0.25, 0.3) is 0 Å². The molecule has 0 saturated carbocycles. The smallest absolute Gasteiger partial charge is 0.151 e. The lowest BCUT2D eigenvalue weighted by Crippen LogP contribution is -2.46. The number of aldehydes is 1. The van der Waals surface area contributed by atoms with Crippen molar-refractivity contribution in [3.63, 3.8) is 0 Å². The van der Waals surface area contributed by atoms with Crippen LogP contribution in [-0.4, -0.2) is 46.7 Å². The third-order valence-electron chi connectivity index (χ3n) is 4.46. The lowest BCUT2D eigenvalue weighted by atomic mass is 10.1. The summed E-state index contributed by atoms with van der Waals surface area (Å²) < 4.78 is 10.7. The number of anilines is 2. The molecule has 0 radical (unpaired) electrons. The summed E-state index contributed by atoms with van der Waals surface area (Å²) >= 11 is 6.14. The number of benzene rings is 2. The van der Waals surface area contributed by atoms with Gasteiger partial charge in [-0.05, 0) is 18.2 Å². The van der Waals surface area contributed by atoms with Crippen molar-refractivity contribution in [2.75, 3.05) is 50.2 Å². The maximum atomic E-state index is 10.9. The summed E-state index contributed by atoms with van der Waals surface area (Å²) in [6.07, 6.45) is 0.778. The fourth-order valence-electron chi connectivity index (χ4n) is 3.01. The maximum Gasteiger partial charge on any atom is 0.151 e. The quantitative estimate of drug-likeness (QED) is 0.763. The number of carbonyl (C=O) groups is 1. The van der Waals surface area contributed by atoms with Crippen LogP contribution in [0.5, 0.6) is 11.5 Å². The van der Waals surface area contributed by atoms with Gasteiger partial charge in [0.05, 0.1) is 19.2 Å². The van der Waals surface area contributed by atoms with Gasteiger partial charge in [-0.1, -0.05) is 11.6 Å². The maximum absolute atomic E-state index is 10.9. The van der Waals surface area contributed by atoms with Crippen molar-refractivity contribution in [1.29, 1.82) is 0 Å². The minimum absolute atomic E-state index is 0.493. The summed E-state index contributed by atoms with van der Waals surface area (Å²) in [5.41, 5.74) is 2.65. The predicted molar refractivity (Wildman–Crippen MR) is 101 cm³/mol. The van der Waals surface area contributed by atoms with E-state index in [0.29, 0.717) is 10.6 Å². The van der Waals surface area contributed by atoms with E-state index in [0.717, 1.165) is 55.3 Å². The van der Waals surface area contributed by atoms with Gasteiger partial charge in [-0.15, -0.1) is 0 Å². The summed E-state index contributed by atoms with van der Waals surface area (Å²) in [7, 11) is 3.31. The molecular weight excluding hydrogens is 340 g/mol. The molecule has 0 atom stereocenters. The van der Waals surface area contributed by atoms with E-state index >= 15 is 0 Å². The van der Waals surface area contributed by atoms with Crippen LogP contribution in [0, 0.1) is 0 Å². The Balaban J connectivity index is 1.71. The number of rotatable bonds is 5. The molecule has 1 saturated heterocycles. The second-order valence-electron chi connectivity index (χ2n) is 5.87. The molecule has 0 aromatic heterocycles. The number of methoxy groups -OCH3 is 2. The Kier molecular flexibility index (Phi) is 5.34. The van der Waals surface area contributed by atoms with Gasteiger partial charge in [0.1, 0.15) is 11.5 Å². The van der Waals surface area contributed by atoms with Gasteiger partial charge >= 0.3 is 0 Å².